The summed E-state index contributed by atoms with van der Waals surface area (Å²) < 4.78 is 0. The Balaban J connectivity index is 1.56. The number of hydrogen-bond acceptors (Lipinski definition) is 3. The van der Waals surface area contributed by atoms with E-state index >= 15 is 0 Å². The van der Waals surface area contributed by atoms with Gasteiger partial charge in [-0.25, -0.2) is 0 Å². The molecule has 4 nitrogen and oxygen atoms in total. The quantitative estimate of drug-likeness (QED) is 0.805. The van der Waals surface area contributed by atoms with Gasteiger partial charge >= 0.3 is 0 Å². The zero-order valence-corrected chi connectivity index (χ0v) is 13.0. The second-order valence-electron chi connectivity index (χ2n) is 7.54. The zero-order chi connectivity index (χ0) is 14.2. The number of nitrogens with one attached hydrogen (secondary N) is 2. The van der Waals surface area contributed by atoms with E-state index in [0.717, 1.165) is 38.4 Å². The molecule has 2 N–H and O–H groups in total. The maximum atomic E-state index is 12.6. The van der Waals surface area contributed by atoms with Gasteiger partial charge in [0.1, 0.15) is 0 Å². The van der Waals surface area contributed by atoms with Gasteiger partial charge in [0.05, 0.1) is 6.04 Å². The highest BCUT2D eigenvalue weighted by atomic mass is 16.2. The van der Waals surface area contributed by atoms with E-state index in [4.69, 9.17) is 0 Å². The molecule has 20 heavy (non-hydrogen) atoms. The van der Waals surface area contributed by atoms with Crippen molar-refractivity contribution in [3.63, 3.8) is 0 Å². The number of hydrogen-bond donors (Lipinski definition) is 2. The predicted molar refractivity (Wildman–Crippen MR) is 80.6 cm³/mol. The highest BCUT2D eigenvalue weighted by Crippen LogP contribution is 2.31. The average molecular weight is 279 g/mol. The summed E-state index contributed by atoms with van der Waals surface area (Å²) in [6.45, 7) is 7.83. The molecule has 0 aromatic heterocycles. The van der Waals surface area contributed by atoms with Gasteiger partial charge in [-0.05, 0) is 57.0 Å². The Morgan fingerprint density at radius 3 is 2.90 bits per heavy atom. The minimum absolute atomic E-state index is 0.0159. The molecule has 0 aliphatic carbocycles. The first-order valence-corrected chi connectivity index (χ1v) is 8.34. The van der Waals surface area contributed by atoms with Crippen LogP contribution in [0.5, 0.6) is 0 Å². The van der Waals surface area contributed by atoms with E-state index in [2.05, 4.69) is 29.4 Å². The molecule has 0 bridgehead atoms. The molecule has 0 aromatic rings. The van der Waals surface area contributed by atoms with Gasteiger partial charge in [0.15, 0.2) is 0 Å². The van der Waals surface area contributed by atoms with E-state index in [-0.39, 0.29) is 17.4 Å². The van der Waals surface area contributed by atoms with Crippen LogP contribution in [0.15, 0.2) is 0 Å². The second-order valence-corrected chi connectivity index (χ2v) is 7.54. The van der Waals surface area contributed by atoms with Gasteiger partial charge < -0.3 is 15.5 Å². The molecule has 3 aliphatic rings. The van der Waals surface area contributed by atoms with Crippen molar-refractivity contribution in [2.24, 2.45) is 5.41 Å². The van der Waals surface area contributed by atoms with Crippen LogP contribution in [0.1, 0.15) is 52.4 Å². The molecular formula is C16H29N3O. The topological polar surface area (TPSA) is 44.4 Å². The highest BCUT2D eigenvalue weighted by molar-refractivity contribution is 5.83. The fourth-order valence-corrected chi connectivity index (χ4v) is 4.30. The summed E-state index contributed by atoms with van der Waals surface area (Å²) in [5.41, 5.74) is 0.0798. The van der Waals surface area contributed by atoms with E-state index in [1.165, 1.54) is 25.8 Å². The lowest BCUT2D eigenvalue weighted by Crippen LogP contribution is -2.58. The van der Waals surface area contributed by atoms with Gasteiger partial charge in [-0.2, -0.15) is 0 Å². The van der Waals surface area contributed by atoms with Crippen molar-refractivity contribution < 1.29 is 4.79 Å². The third-order valence-corrected chi connectivity index (χ3v) is 5.56. The van der Waals surface area contributed by atoms with E-state index < -0.39 is 0 Å². The Morgan fingerprint density at radius 2 is 2.10 bits per heavy atom. The molecule has 3 rings (SSSR count). The van der Waals surface area contributed by atoms with Crippen molar-refractivity contribution in [1.82, 2.24) is 15.5 Å². The van der Waals surface area contributed by atoms with Crippen LogP contribution in [-0.4, -0.2) is 48.6 Å². The van der Waals surface area contributed by atoms with Gasteiger partial charge in [-0.15, -0.1) is 0 Å². The lowest BCUT2D eigenvalue weighted by molar-refractivity contribution is -0.127. The SMILES string of the molecule is CC1(C)CCCNC1C(=O)NC1CCN2CCCC2C1. The normalized spacial score (nSPS) is 37.4. The largest absolute Gasteiger partial charge is 0.352 e. The molecule has 4 heteroatoms. The van der Waals surface area contributed by atoms with Crippen molar-refractivity contribution in [3.05, 3.63) is 0 Å². The van der Waals surface area contributed by atoms with E-state index in [0.29, 0.717) is 6.04 Å². The van der Waals surface area contributed by atoms with Crippen molar-refractivity contribution in [1.29, 1.82) is 0 Å². The monoisotopic (exact) mass is 279 g/mol. The van der Waals surface area contributed by atoms with Crippen LogP contribution in [-0.2, 0) is 4.79 Å². The molecule has 3 unspecified atom stereocenters. The number of amides is 1. The lowest BCUT2D eigenvalue weighted by Gasteiger charge is -2.40. The summed E-state index contributed by atoms with van der Waals surface area (Å²) in [6.07, 6.45) is 7.24. The summed E-state index contributed by atoms with van der Waals surface area (Å²) in [6, 6.07) is 1.10. The van der Waals surface area contributed by atoms with Crippen molar-refractivity contribution >= 4 is 5.91 Å². The van der Waals surface area contributed by atoms with Gasteiger partial charge in [0, 0.05) is 18.6 Å². The maximum absolute atomic E-state index is 12.6. The molecule has 0 saturated carbocycles. The van der Waals surface area contributed by atoms with Crippen LogP contribution >= 0.6 is 0 Å². The molecule has 3 fully saturated rings. The van der Waals surface area contributed by atoms with Crippen LogP contribution in [0.4, 0.5) is 0 Å². The standard InChI is InChI=1S/C16H29N3O/c1-16(2)7-4-8-17-14(16)15(20)18-12-6-10-19-9-3-5-13(19)11-12/h12-14,17H,3-11H2,1-2H3,(H,18,20). The third kappa shape index (κ3) is 2.86. The summed E-state index contributed by atoms with van der Waals surface area (Å²) in [5, 5.41) is 6.75. The molecule has 0 spiro atoms. The summed E-state index contributed by atoms with van der Waals surface area (Å²) >= 11 is 0. The van der Waals surface area contributed by atoms with Crippen LogP contribution < -0.4 is 10.6 Å². The Hall–Kier alpha value is -0.610. The number of carbonyl (C=O) groups is 1. The van der Waals surface area contributed by atoms with Gasteiger partial charge in [-0.3, -0.25) is 4.79 Å². The smallest absolute Gasteiger partial charge is 0.237 e. The summed E-state index contributed by atoms with van der Waals surface area (Å²) in [4.78, 5) is 15.2. The van der Waals surface area contributed by atoms with Gasteiger partial charge in [-0.1, -0.05) is 13.8 Å². The van der Waals surface area contributed by atoms with Crippen molar-refractivity contribution in [2.45, 2.75) is 70.5 Å². The van der Waals surface area contributed by atoms with Crippen LogP contribution in [0.3, 0.4) is 0 Å². The van der Waals surface area contributed by atoms with Gasteiger partial charge in [0.2, 0.25) is 5.91 Å². The molecule has 3 atom stereocenters. The van der Waals surface area contributed by atoms with Gasteiger partial charge in [0.25, 0.3) is 0 Å². The number of carbonyl (C=O) groups excluding carboxylic acids is 1. The zero-order valence-electron chi connectivity index (χ0n) is 13.0. The minimum Gasteiger partial charge on any atom is -0.352 e. The average Bonchev–Trinajstić information content (AvgIpc) is 2.85. The first-order chi connectivity index (χ1) is 9.56. The Labute approximate surface area is 122 Å². The first kappa shape index (κ1) is 14.3. The Bertz CT molecular complexity index is 369. The maximum Gasteiger partial charge on any atom is 0.237 e. The van der Waals surface area contributed by atoms with Crippen molar-refractivity contribution in [2.75, 3.05) is 19.6 Å². The first-order valence-electron chi connectivity index (χ1n) is 8.34. The molecular weight excluding hydrogens is 250 g/mol. The number of piperidine rings is 2. The Morgan fingerprint density at radius 1 is 1.25 bits per heavy atom. The van der Waals surface area contributed by atoms with Crippen LogP contribution in [0.2, 0.25) is 0 Å². The summed E-state index contributed by atoms with van der Waals surface area (Å²) in [7, 11) is 0. The molecule has 3 saturated heterocycles. The highest BCUT2D eigenvalue weighted by Gasteiger charge is 2.39. The summed E-state index contributed by atoms with van der Waals surface area (Å²) in [5.74, 6) is 0.228. The molecule has 0 aromatic carbocycles. The van der Waals surface area contributed by atoms with Crippen LogP contribution in [0, 0.1) is 5.41 Å². The fourth-order valence-electron chi connectivity index (χ4n) is 4.30. The minimum atomic E-state index is -0.0159. The second kappa shape index (κ2) is 5.64. The molecule has 114 valence electrons. The predicted octanol–water partition coefficient (Wildman–Crippen LogP) is 1.51. The molecule has 3 heterocycles. The number of rotatable bonds is 2. The fraction of sp³-hybridized carbons (Fsp3) is 0.938. The van der Waals surface area contributed by atoms with Crippen LogP contribution in [0.25, 0.3) is 0 Å². The molecule has 1 amide bonds. The van der Waals surface area contributed by atoms with E-state index in [1.807, 2.05) is 0 Å². The van der Waals surface area contributed by atoms with Crippen molar-refractivity contribution in [3.8, 4) is 0 Å². The molecule has 3 aliphatic heterocycles. The van der Waals surface area contributed by atoms with E-state index in [1.54, 1.807) is 0 Å². The molecule has 0 radical (unpaired) electrons. The number of nitrogens with zero attached hydrogens (tertiary/aromatic N) is 1. The van der Waals surface area contributed by atoms with E-state index in [9.17, 15) is 4.79 Å². The Kier molecular flexibility index (Phi) is 4.04. The lowest BCUT2D eigenvalue weighted by atomic mass is 9.77. The third-order valence-electron chi connectivity index (χ3n) is 5.56. The number of fused-ring (bicyclic) bond motifs is 1.